The summed E-state index contributed by atoms with van der Waals surface area (Å²) >= 11 is 0. The van der Waals surface area contributed by atoms with Crippen LogP contribution in [0.25, 0.3) is 66.4 Å². The molecule has 8 aromatic carbocycles. The minimum atomic E-state index is -0.136. The molecule has 0 unspecified atom stereocenters. The molecule has 0 saturated heterocycles. The van der Waals surface area contributed by atoms with Crippen LogP contribution in [0.4, 0.5) is 17.1 Å². The molecule has 0 atom stereocenters. The zero-order chi connectivity index (χ0) is 39.9. The first kappa shape index (κ1) is 36.1. The summed E-state index contributed by atoms with van der Waals surface area (Å²) < 4.78 is 7.23. The maximum absolute atomic E-state index is 7.23. The summed E-state index contributed by atoms with van der Waals surface area (Å²) in [6.45, 7) is 4.68. The van der Waals surface area contributed by atoms with Gasteiger partial charge in [0.15, 0.2) is 0 Å². The lowest BCUT2D eigenvalue weighted by molar-refractivity contribution is 0.648. The Morgan fingerprint density at radius 1 is 0.448 bits per heavy atom. The Morgan fingerprint density at radius 2 is 0.966 bits per heavy atom. The van der Waals surface area contributed by atoms with Crippen LogP contribution >= 0.6 is 0 Å². The lowest BCUT2D eigenvalue weighted by atomic mass is 9.59. The minimum absolute atomic E-state index is 0.136. The van der Waals surface area contributed by atoms with Gasteiger partial charge in [-0.2, -0.15) is 0 Å². The third-order valence-electron chi connectivity index (χ3n) is 13.3. The molecule has 0 bridgehead atoms. The smallest absolute Gasteiger partial charge is 0.145 e. The highest BCUT2D eigenvalue weighted by Gasteiger charge is 2.36. The molecule has 7 heteroatoms. The second-order valence-electron chi connectivity index (χ2n) is 16.7. The van der Waals surface area contributed by atoms with Crippen molar-refractivity contribution in [3.63, 3.8) is 0 Å². The third-order valence-corrected chi connectivity index (χ3v) is 13.3. The zero-order valence-electron chi connectivity index (χ0n) is 34.4. The second-order valence-corrected chi connectivity index (χ2v) is 16.7. The van der Waals surface area contributed by atoms with E-state index in [1.54, 1.807) is 0 Å². The van der Waals surface area contributed by atoms with Crippen molar-refractivity contribution in [3.8, 4) is 44.5 Å². The molecule has 58 heavy (non-hydrogen) atoms. The Morgan fingerprint density at radius 3 is 1.60 bits per heavy atom. The van der Waals surface area contributed by atoms with E-state index in [4.69, 9.17) is 4.42 Å². The number of hydrogen-bond donors (Lipinski definition) is 0. The van der Waals surface area contributed by atoms with Crippen LogP contribution in [0.1, 0.15) is 25.0 Å². The van der Waals surface area contributed by atoms with E-state index in [0.717, 1.165) is 44.6 Å². The summed E-state index contributed by atoms with van der Waals surface area (Å²) in [7, 11) is 11.3. The van der Waals surface area contributed by atoms with Gasteiger partial charge in [-0.05, 0) is 98.6 Å². The van der Waals surface area contributed by atoms with Gasteiger partial charge in [0.2, 0.25) is 0 Å². The van der Waals surface area contributed by atoms with E-state index >= 15 is 0 Å². The number of nitrogens with zero attached hydrogens (tertiary/aromatic N) is 1. The summed E-state index contributed by atoms with van der Waals surface area (Å²) in [4.78, 5) is 2.40. The van der Waals surface area contributed by atoms with Crippen LogP contribution in [-0.2, 0) is 5.41 Å². The van der Waals surface area contributed by atoms with Crippen molar-refractivity contribution < 1.29 is 4.42 Å². The lowest BCUT2D eigenvalue weighted by Gasteiger charge is -2.27. The summed E-state index contributed by atoms with van der Waals surface area (Å²) in [5, 5.41) is 2.25. The van der Waals surface area contributed by atoms with E-state index in [1.807, 2.05) is 0 Å². The van der Waals surface area contributed by atoms with Gasteiger partial charge in [-0.15, -0.1) is 16.4 Å². The summed E-state index contributed by atoms with van der Waals surface area (Å²) in [5.74, 6) is 0. The van der Waals surface area contributed by atoms with Crippen molar-refractivity contribution in [2.24, 2.45) is 0 Å². The molecule has 1 aliphatic rings. The second kappa shape index (κ2) is 13.7. The fraction of sp³-hybridized carbons (Fsp3) is 0.0588. The van der Waals surface area contributed by atoms with E-state index in [-0.39, 0.29) is 5.41 Å². The van der Waals surface area contributed by atoms with Crippen LogP contribution in [0.15, 0.2) is 162 Å². The molecule has 0 amide bonds. The van der Waals surface area contributed by atoms with Crippen LogP contribution in [-0.4, -0.2) is 39.2 Å². The highest BCUT2D eigenvalue weighted by atomic mass is 16.3. The Bertz CT molecular complexity index is 3030. The first-order valence-corrected chi connectivity index (χ1v) is 20.4. The fourth-order valence-corrected chi connectivity index (χ4v) is 9.64. The van der Waals surface area contributed by atoms with Crippen molar-refractivity contribution in [1.29, 1.82) is 0 Å². The SMILES string of the molecule is Bc1c(B)c(B)c(-c2ccc(N(c3ccccc3)c3ccc(-c4ccc(-c5ccccc5)cc4)cc3)c3c2oc2cc4c(cc23)-c2ccccc2C4(C)C)c(B)c1B. The first-order valence-electron chi connectivity index (χ1n) is 20.4. The minimum Gasteiger partial charge on any atom is -0.455 e. The molecule has 1 aromatic heterocycles. The van der Waals surface area contributed by atoms with Gasteiger partial charge in [0.1, 0.15) is 50.4 Å². The van der Waals surface area contributed by atoms with Gasteiger partial charge in [-0.3, -0.25) is 0 Å². The molecule has 1 heterocycles. The van der Waals surface area contributed by atoms with Gasteiger partial charge in [-0.1, -0.05) is 134 Å². The topological polar surface area (TPSA) is 16.4 Å². The van der Waals surface area contributed by atoms with Gasteiger partial charge >= 0.3 is 0 Å². The molecule has 10 rings (SSSR count). The number of rotatable bonds is 6. The van der Waals surface area contributed by atoms with E-state index in [2.05, 4.69) is 216 Å². The number of anilines is 3. The van der Waals surface area contributed by atoms with Gasteiger partial charge < -0.3 is 9.32 Å². The number of hydrogen-bond acceptors (Lipinski definition) is 2. The highest BCUT2D eigenvalue weighted by Crippen LogP contribution is 2.53. The van der Waals surface area contributed by atoms with Gasteiger partial charge in [0.05, 0.1) is 11.1 Å². The number of fused-ring (bicyclic) bond motifs is 6. The fourth-order valence-electron chi connectivity index (χ4n) is 9.64. The Hall–Kier alpha value is -6.32. The molecular weight excluding hydrogens is 697 g/mol. The molecule has 0 saturated carbocycles. The number of furan rings is 1. The summed E-state index contributed by atoms with van der Waals surface area (Å²) in [6.07, 6.45) is 0. The van der Waals surface area contributed by atoms with Crippen LogP contribution in [0.2, 0.25) is 0 Å². The molecular formula is C51H42B5NO. The van der Waals surface area contributed by atoms with Crippen LogP contribution in [0.3, 0.4) is 0 Å². The van der Waals surface area contributed by atoms with Crippen molar-refractivity contribution in [2.75, 3.05) is 4.90 Å². The molecule has 0 spiro atoms. The molecule has 0 aliphatic heterocycles. The van der Waals surface area contributed by atoms with Gasteiger partial charge in [-0.25, -0.2) is 0 Å². The van der Waals surface area contributed by atoms with Crippen molar-refractivity contribution in [1.82, 2.24) is 0 Å². The first-order chi connectivity index (χ1) is 28.1. The Kier molecular flexibility index (Phi) is 8.50. The maximum Gasteiger partial charge on any atom is 0.145 e. The maximum atomic E-state index is 7.23. The Balaban J connectivity index is 1.20. The molecule has 9 aromatic rings. The highest BCUT2D eigenvalue weighted by molar-refractivity contribution is 6.68. The quantitative estimate of drug-likeness (QED) is 0.205. The molecule has 272 valence electrons. The van der Waals surface area contributed by atoms with Crippen molar-refractivity contribution >= 4 is 106 Å². The zero-order valence-corrected chi connectivity index (χ0v) is 34.4. The predicted octanol–water partition coefficient (Wildman–Crippen LogP) is 5.66. The average Bonchev–Trinajstić information content (AvgIpc) is 3.75. The van der Waals surface area contributed by atoms with E-state index in [9.17, 15) is 0 Å². The summed E-state index contributed by atoms with van der Waals surface area (Å²) in [5.41, 5.74) is 24.1. The van der Waals surface area contributed by atoms with Crippen molar-refractivity contribution in [3.05, 3.63) is 169 Å². The molecule has 0 fully saturated rings. The third kappa shape index (κ3) is 5.55. The van der Waals surface area contributed by atoms with Crippen LogP contribution in [0.5, 0.6) is 0 Å². The summed E-state index contributed by atoms with van der Waals surface area (Å²) in [6, 6.07) is 57.5. The predicted molar refractivity (Wildman–Crippen MR) is 263 cm³/mol. The monoisotopic (exact) mass is 739 g/mol. The van der Waals surface area contributed by atoms with Crippen molar-refractivity contribution in [2.45, 2.75) is 19.3 Å². The number of para-hydroxylation sites is 1. The molecule has 0 N–H and O–H groups in total. The van der Waals surface area contributed by atoms with Crippen LogP contribution < -0.4 is 32.2 Å². The lowest BCUT2D eigenvalue weighted by Crippen LogP contribution is -2.55. The van der Waals surface area contributed by atoms with Crippen LogP contribution in [0, 0.1) is 0 Å². The van der Waals surface area contributed by atoms with Gasteiger partial charge in [0.25, 0.3) is 0 Å². The molecule has 1 aliphatic carbocycles. The number of benzene rings is 8. The van der Waals surface area contributed by atoms with E-state index < -0.39 is 0 Å². The average molecular weight is 739 g/mol. The Labute approximate surface area is 346 Å². The molecule has 0 radical (unpaired) electrons. The van der Waals surface area contributed by atoms with Gasteiger partial charge in [0, 0.05) is 27.7 Å². The van der Waals surface area contributed by atoms with E-state index in [1.165, 1.54) is 77.4 Å². The largest absolute Gasteiger partial charge is 0.455 e. The standard InChI is InChI=1S/C51H42B5NO/c1-51(2)39-16-10-9-15-35(39)37-27-38-42(28-40(37)51)58-50-36(44-45(52)47(54)49(56)48(55)46(44)53)25-26-41(43(38)50)57(33-13-7-4-8-14-33)34-23-21-32(22-24-34)31-19-17-30(18-20-31)29-11-5-3-6-12-29/h3-28H,52-56H2,1-2H3. The normalized spacial score (nSPS) is 12.8. The van der Waals surface area contributed by atoms with E-state index in [0.29, 0.717) is 0 Å². The molecule has 2 nitrogen and oxygen atoms in total.